The fourth-order valence-electron chi connectivity index (χ4n) is 2.80. The standard InChI is InChI=1S/C20H15IO4/c1-2-12-5-8-15-17(23)11-16(21)20(24)19(15)18(12)13-3-6-14(7-4-13)25-10-9-22/h2-8,11,22H,1,9-10H2. The van der Waals surface area contributed by atoms with E-state index in [-0.39, 0.29) is 24.8 Å². The Hall–Kier alpha value is -2.25. The van der Waals surface area contributed by atoms with Gasteiger partial charge in [-0.05, 0) is 51.9 Å². The van der Waals surface area contributed by atoms with Crippen LogP contribution in [0.1, 0.15) is 26.3 Å². The van der Waals surface area contributed by atoms with Gasteiger partial charge < -0.3 is 9.84 Å². The van der Waals surface area contributed by atoms with Crippen molar-refractivity contribution in [3.63, 3.8) is 0 Å². The fraction of sp³-hybridized carbons (Fsp3) is 0.100. The van der Waals surface area contributed by atoms with Crippen molar-refractivity contribution in [1.82, 2.24) is 0 Å². The molecule has 1 aliphatic rings. The van der Waals surface area contributed by atoms with Crippen LogP contribution in [0.2, 0.25) is 0 Å². The van der Waals surface area contributed by atoms with Gasteiger partial charge in [-0.25, -0.2) is 0 Å². The van der Waals surface area contributed by atoms with Crippen LogP contribution in [0, 0.1) is 0 Å². The van der Waals surface area contributed by atoms with Gasteiger partial charge in [0.25, 0.3) is 0 Å². The molecule has 0 aromatic heterocycles. The molecule has 0 aliphatic heterocycles. The lowest BCUT2D eigenvalue weighted by atomic mass is 9.85. The van der Waals surface area contributed by atoms with Gasteiger partial charge in [-0.1, -0.05) is 30.9 Å². The summed E-state index contributed by atoms with van der Waals surface area (Å²) in [6, 6.07) is 10.7. The molecule has 3 rings (SSSR count). The zero-order valence-corrected chi connectivity index (χ0v) is 15.4. The number of hydrogen-bond acceptors (Lipinski definition) is 4. The lowest BCUT2D eigenvalue weighted by Gasteiger charge is -2.19. The first-order valence-corrected chi connectivity index (χ1v) is 8.74. The third kappa shape index (κ3) is 3.29. The van der Waals surface area contributed by atoms with Crippen molar-refractivity contribution in [2.75, 3.05) is 13.2 Å². The van der Waals surface area contributed by atoms with Crippen LogP contribution in [0.25, 0.3) is 17.2 Å². The minimum absolute atomic E-state index is 0.0596. The van der Waals surface area contributed by atoms with E-state index in [9.17, 15) is 9.59 Å². The van der Waals surface area contributed by atoms with E-state index in [1.807, 2.05) is 34.7 Å². The number of aliphatic hydroxyl groups excluding tert-OH is 1. The van der Waals surface area contributed by atoms with E-state index in [1.165, 1.54) is 6.08 Å². The van der Waals surface area contributed by atoms with Gasteiger partial charge in [0, 0.05) is 22.8 Å². The minimum atomic E-state index is -0.168. The van der Waals surface area contributed by atoms with Gasteiger partial charge in [0.2, 0.25) is 5.78 Å². The molecule has 1 N–H and O–H groups in total. The Morgan fingerprint density at radius 3 is 2.44 bits per heavy atom. The first-order valence-electron chi connectivity index (χ1n) is 7.66. The van der Waals surface area contributed by atoms with E-state index in [1.54, 1.807) is 30.3 Å². The Bertz CT molecular complexity index is 895. The average Bonchev–Trinajstić information content (AvgIpc) is 2.63. The highest BCUT2D eigenvalue weighted by atomic mass is 127. The highest BCUT2D eigenvalue weighted by Crippen LogP contribution is 2.37. The number of allylic oxidation sites excluding steroid dienone is 2. The van der Waals surface area contributed by atoms with Crippen LogP contribution >= 0.6 is 22.6 Å². The van der Waals surface area contributed by atoms with Crippen LogP contribution < -0.4 is 4.74 Å². The summed E-state index contributed by atoms with van der Waals surface area (Å²) in [6.45, 7) is 3.98. The Morgan fingerprint density at radius 2 is 1.80 bits per heavy atom. The number of rotatable bonds is 5. The van der Waals surface area contributed by atoms with E-state index in [2.05, 4.69) is 6.58 Å². The molecular weight excluding hydrogens is 431 g/mol. The maximum Gasteiger partial charge on any atom is 0.200 e. The molecule has 0 atom stereocenters. The van der Waals surface area contributed by atoms with Crippen molar-refractivity contribution >= 4 is 40.2 Å². The normalized spacial score (nSPS) is 13.3. The van der Waals surface area contributed by atoms with Crippen LogP contribution in [0.4, 0.5) is 0 Å². The van der Waals surface area contributed by atoms with Gasteiger partial charge in [-0.2, -0.15) is 0 Å². The molecule has 0 spiro atoms. The van der Waals surface area contributed by atoms with Crippen molar-refractivity contribution in [3.05, 3.63) is 69.3 Å². The first-order chi connectivity index (χ1) is 12.1. The quantitative estimate of drug-likeness (QED) is 0.704. The molecule has 0 fully saturated rings. The van der Waals surface area contributed by atoms with E-state index in [4.69, 9.17) is 9.84 Å². The van der Waals surface area contributed by atoms with Crippen LogP contribution in [0.15, 0.2) is 52.6 Å². The molecule has 2 aromatic carbocycles. The lowest BCUT2D eigenvalue weighted by molar-refractivity contribution is 0.0993. The Morgan fingerprint density at radius 1 is 1.08 bits per heavy atom. The molecule has 0 unspecified atom stereocenters. The van der Waals surface area contributed by atoms with E-state index in [0.29, 0.717) is 26.0 Å². The molecule has 25 heavy (non-hydrogen) atoms. The van der Waals surface area contributed by atoms with Crippen LogP contribution in [0.5, 0.6) is 5.75 Å². The number of hydrogen-bond donors (Lipinski definition) is 1. The number of benzene rings is 2. The maximum absolute atomic E-state index is 12.7. The first kappa shape index (κ1) is 17.6. The highest BCUT2D eigenvalue weighted by molar-refractivity contribution is 14.1. The molecule has 2 aromatic rings. The molecule has 1 aliphatic carbocycles. The Balaban J connectivity index is 2.16. The molecule has 0 radical (unpaired) electrons. The third-order valence-electron chi connectivity index (χ3n) is 3.93. The second-order valence-electron chi connectivity index (χ2n) is 5.44. The summed E-state index contributed by atoms with van der Waals surface area (Å²) in [5, 5.41) is 8.83. The molecule has 126 valence electrons. The third-order valence-corrected chi connectivity index (χ3v) is 4.73. The molecule has 4 nitrogen and oxygen atoms in total. The maximum atomic E-state index is 12.7. The van der Waals surface area contributed by atoms with Crippen LogP contribution in [0.3, 0.4) is 0 Å². The molecular formula is C20H15IO4. The van der Waals surface area contributed by atoms with Gasteiger partial charge >= 0.3 is 0 Å². The van der Waals surface area contributed by atoms with Crippen molar-refractivity contribution < 1.29 is 19.4 Å². The van der Waals surface area contributed by atoms with Crippen LogP contribution in [-0.4, -0.2) is 29.9 Å². The fourth-order valence-corrected chi connectivity index (χ4v) is 3.35. The Labute approximate surface area is 159 Å². The highest BCUT2D eigenvalue weighted by Gasteiger charge is 2.28. The van der Waals surface area contributed by atoms with E-state index < -0.39 is 0 Å². The second kappa shape index (κ2) is 7.33. The minimum Gasteiger partial charge on any atom is -0.491 e. The number of Topliss-reactive ketones (excluding diaryl/α,β-unsaturated/α-hetero) is 1. The van der Waals surface area contributed by atoms with Crippen molar-refractivity contribution in [3.8, 4) is 16.9 Å². The van der Waals surface area contributed by atoms with Gasteiger partial charge in [0.15, 0.2) is 5.78 Å². The summed E-state index contributed by atoms with van der Waals surface area (Å²) in [4.78, 5) is 25.0. The molecule has 0 saturated heterocycles. The monoisotopic (exact) mass is 446 g/mol. The van der Waals surface area contributed by atoms with E-state index in [0.717, 1.165) is 11.1 Å². The average molecular weight is 446 g/mol. The van der Waals surface area contributed by atoms with Gasteiger partial charge in [0.05, 0.1) is 10.2 Å². The topological polar surface area (TPSA) is 63.6 Å². The summed E-state index contributed by atoms with van der Waals surface area (Å²) >= 11 is 1.90. The lowest BCUT2D eigenvalue weighted by Crippen LogP contribution is -2.16. The largest absolute Gasteiger partial charge is 0.491 e. The predicted molar refractivity (Wildman–Crippen MR) is 105 cm³/mol. The molecule has 0 saturated carbocycles. The Kier molecular flexibility index (Phi) is 5.15. The van der Waals surface area contributed by atoms with Crippen molar-refractivity contribution in [2.24, 2.45) is 0 Å². The summed E-state index contributed by atoms with van der Waals surface area (Å²) in [6.07, 6.45) is 3.04. The molecule has 0 heterocycles. The number of carbonyl (C=O) groups is 2. The number of aliphatic hydroxyl groups is 1. The van der Waals surface area contributed by atoms with E-state index >= 15 is 0 Å². The van der Waals surface area contributed by atoms with Gasteiger partial charge in [-0.3, -0.25) is 9.59 Å². The molecule has 5 heteroatoms. The molecule has 0 amide bonds. The number of ether oxygens (including phenoxy) is 1. The van der Waals surface area contributed by atoms with Crippen molar-refractivity contribution in [1.29, 1.82) is 0 Å². The predicted octanol–water partition coefficient (Wildman–Crippen LogP) is 4.07. The summed E-state index contributed by atoms with van der Waals surface area (Å²) in [5.74, 6) is 0.299. The van der Waals surface area contributed by atoms with Crippen LogP contribution in [-0.2, 0) is 0 Å². The summed E-state index contributed by atoms with van der Waals surface area (Å²) in [7, 11) is 0. The summed E-state index contributed by atoms with van der Waals surface area (Å²) < 4.78 is 5.77. The van der Waals surface area contributed by atoms with Gasteiger partial charge in [0.1, 0.15) is 12.4 Å². The molecule has 0 bridgehead atoms. The number of ketones is 2. The zero-order valence-electron chi connectivity index (χ0n) is 13.3. The number of carbonyl (C=O) groups excluding carboxylic acids is 2. The number of fused-ring (bicyclic) bond motifs is 1. The zero-order chi connectivity index (χ0) is 18.0. The second-order valence-corrected chi connectivity index (χ2v) is 6.60. The van der Waals surface area contributed by atoms with Crippen molar-refractivity contribution in [2.45, 2.75) is 0 Å². The van der Waals surface area contributed by atoms with Gasteiger partial charge in [-0.15, -0.1) is 0 Å². The number of halogens is 1. The smallest absolute Gasteiger partial charge is 0.200 e. The summed E-state index contributed by atoms with van der Waals surface area (Å²) in [5.41, 5.74) is 3.11. The SMILES string of the molecule is C=Cc1ccc2c(c1-c1ccc(OCCO)cc1)C(=O)C(I)=CC2=O.